The second-order valence-corrected chi connectivity index (χ2v) is 6.07. The minimum Gasteiger partial charge on any atom is -0.481 e. The average Bonchev–Trinajstić information content (AvgIpc) is 2.59. The molecule has 0 spiro atoms. The van der Waals surface area contributed by atoms with Crippen molar-refractivity contribution >= 4 is 22.1 Å². The minimum atomic E-state index is -4.56. The van der Waals surface area contributed by atoms with Gasteiger partial charge < -0.3 is 14.2 Å². The van der Waals surface area contributed by atoms with Gasteiger partial charge in [-0.3, -0.25) is 4.55 Å². The summed E-state index contributed by atoms with van der Waals surface area (Å²) in [5, 5.41) is 0. The molecule has 0 aliphatic heterocycles. The van der Waals surface area contributed by atoms with Crippen LogP contribution in [0, 0.1) is 6.07 Å². The number of hydrogen-bond donors (Lipinski definition) is 1. The van der Waals surface area contributed by atoms with E-state index in [9.17, 15) is 22.6 Å². The molecule has 26 heavy (non-hydrogen) atoms. The van der Waals surface area contributed by atoms with Gasteiger partial charge in [0.05, 0.1) is 25.3 Å². The maximum absolute atomic E-state index is 11.7. The summed E-state index contributed by atoms with van der Waals surface area (Å²) in [6, 6.07) is 9.90. The number of rotatable bonds is 5. The van der Waals surface area contributed by atoms with Crippen molar-refractivity contribution in [1.82, 2.24) is 0 Å². The van der Waals surface area contributed by atoms with Crippen LogP contribution in [0.2, 0.25) is 0 Å². The summed E-state index contributed by atoms with van der Waals surface area (Å²) in [5.41, 5.74) is -0.00685. The summed E-state index contributed by atoms with van der Waals surface area (Å²) in [4.78, 5) is 23.0. The van der Waals surface area contributed by atoms with Gasteiger partial charge in [0, 0.05) is 10.6 Å². The summed E-state index contributed by atoms with van der Waals surface area (Å²) in [6.45, 7) is 0. The Morgan fingerprint density at radius 1 is 1.04 bits per heavy atom. The van der Waals surface area contributed by atoms with E-state index < -0.39 is 27.0 Å². The van der Waals surface area contributed by atoms with Gasteiger partial charge in [0.25, 0.3) is 0 Å². The van der Waals surface area contributed by atoms with Crippen LogP contribution < -0.4 is 56.1 Å². The standard InChI is InChI=1S/C16H13O8S.K/c1-22-15(17)10-7-11(16(18)23-2)9-12(8-10)24-13-5-3-4-6-14(13)25(19,20)21;/h3,5-9H,1-2H3,(H,19,20,21);/q-1;+1. The van der Waals surface area contributed by atoms with Gasteiger partial charge in [-0.25, -0.2) is 18.0 Å². The van der Waals surface area contributed by atoms with Crippen LogP contribution in [0.25, 0.3) is 0 Å². The number of methoxy groups -OCH3 is 2. The topological polar surface area (TPSA) is 116 Å². The molecule has 0 amide bonds. The first-order valence-corrected chi connectivity index (χ1v) is 8.17. The van der Waals surface area contributed by atoms with E-state index in [0.717, 1.165) is 20.3 Å². The summed E-state index contributed by atoms with van der Waals surface area (Å²) >= 11 is 0. The number of benzene rings is 2. The number of carbonyl (C=O) groups excluding carboxylic acids is 2. The van der Waals surface area contributed by atoms with Crippen molar-refractivity contribution in [3.63, 3.8) is 0 Å². The van der Waals surface area contributed by atoms with Crippen molar-refractivity contribution in [2.75, 3.05) is 14.2 Å². The van der Waals surface area contributed by atoms with Crippen LogP contribution in [-0.4, -0.2) is 39.1 Å². The number of carbonyl (C=O) groups is 2. The average molecular weight is 404 g/mol. The molecule has 0 unspecified atom stereocenters. The van der Waals surface area contributed by atoms with Crippen molar-refractivity contribution in [3.8, 4) is 11.5 Å². The van der Waals surface area contributed by atoms with E-state index in [4.69, 9.17) is 4.74 Å². The van der Waals surface area contributed by atoms with Crippen LogP contribution in [0.1, 0.15) is 20.7 Å². The van der Waals surface area contributed by atoms with E-state index in [-0.39, 0.29) is 74.0 Å². The van der Waals surface area contributed by atoms with Gasteiger partial charge in [0.1, 0.15) is 5.75 Å². The summed E-state index contributed by atoms with van der Waals surface area (Å²) in [6.07, 6.45) is 0. The molecule has 2 aromatic rings. The van der Waals surface area contributed by atoms with E-state index in [1.807, 2.05) is 0 Å². The van der Waals surface area contributed by atoms with Gasteiger partial charge in [0.15, 0.2) is 0 Å². The summed E-state index contributed by atoms with van der Waals surface area (Å²) < 4.78 is 46.7. The fourth-order valence-electron chi connectivity index (χ4n) is 1.94. The monoisotopic (exact) mass is 404 g/mol. The molecule has 0 saturated carbocycles. The maximum atomic E-state index is 11.7. The molecule has 10 heteroatoms. The van der Waals surface area contributed by atoms with Crippen molar-refractivity contribution < 1.29 is 88.2 Å². The Hall–Kier alpha value is -1.27. The zero-order valence-corrected chi connectivity index (χ0v) is 18.1. The van der Waals surface area contributed by atoms with Gasteiger partial charge in [0.2, 0.25) is 10.1 Å². The molecule has 0 heterocycles. The molecule has 2 rings (SSSR count). The maximum Gasteiger partial charge on any atom is 1.00 e. The molecular weight excluding hydrogens is 391 g/mol. The molecule has 0 bridgehead atoms. The number of ether oxygens (including phenoxy) is 3. The van der Waals surface area contributed by atoms with Crippen molar-refractivity contribution in [2.45, 2.75) is 4.90 Å². The van der Waals surface area contributed by atoms with Gasteiger partial charge in [-0.2, -0.15) is 18.2 Å². The van der Waals surface area contributed by atoms with Gasteiger partial charge in [-0.05, 0) is 18.2 Å². The third-order valence-corrected chi connectivity index (χ3v) is 3.92. The van der Waals surface area contributed by atoms with Crippen LogP contribution in [0.15, 0.2) is 41.3 Å². The largest absolute Gasteiger partial charge is 1.00 e. The molecule has 8 nitrogen and oxygen atoms in total. The quantitative estimate of drug-likeness (QED) is 0.295. The fourth-order valence-corrected chi connectivity index (χ4v) is 2.52. The smallest absolute Gasteiger partial charge is 0.481 e. The normalized spacial score (nSPS) is 10.4. The predicted octanol–water partition coefficient (Wildman–Crippen LogP) is -0.897. The van der Waals surface area contributed by atoms with Crippen LogP contribution >= 0.6 is 0 Å². The van der Waals surface area contributed by atoms with Crippen molar-refractivity contribution in [2.24, 2.45) is 0 Å². The Labute approximate surface area is 192 Å². The zero-order valence-electron chi connectivity index (χ0n) is 14.2. The first kappa shape index (κ1) is 22.8. The van der Waals surface area contributed by atoms with E-state index in [1.165, 1.54) is 30.3 Å². The van der Waals surface area contributed by atoms with Crippen molar-refractivity contribution in [3.05, 3.63) is 53.6 Å². The molecule has 0 atom stereocenters. The van der Waals surface area contributed by atoms with E-state index >= 15 is 0 Å². The first-order valence-electron chi connectivity index (χ1n) is 6.73. The molecule has 0 fully saturated rings. The van der Waals surface area contributed by atoms with E-state index in [2.05, 4.69) is 15.5 Å². The Bertz CT molecular complexity index is 889. The van der Waals surface area contributed by atoms with Crippen LogP contribution in [0.3, 0.4) is 0 Å². The minimum absolute atomic E-state index is 0. The van der Waals surface area contributed by atoms with Gasteiger partial charge in [-0.1, -0.05) is 0 Å². The zero-order chi connectivity index (χ0) is 18.6. The third-order valence-electron chi connectivity index (χ3n) is 3.04. The van der Waals surface area contributed by atoms with Gasteiger partial charge >= 0.3 is 63.3 Å². The van der Waals surface area contributed by atoms with Gasteiger partial charge in [-0.15, -0.1) is 6.07 Å². The Balaban J connectivity index is 0.00000338. The predicted molar refractivity (Wildman–Crippen MR) is 84.3 cm³/mol. The summed E-state index contributed by atoms with van der Waals surface area (Å²) in [7, 11) is -2.23. The van der Waals surface area contributed by atoms with E-state index in [1.54, 1.807) is 0 Å². The third kappa shape index (κ3) is 5.61. The Kier molecular flexibility index (Phi) is 8.41. The molecule has 2 aromatic carbocycles. The molecule has 0 saturated heterocycles. The number of esters is 2. The second-order valence-electron chi connectivity index (χ2n) is 4.68. The SMILES string of the molecule is COC(=O)c1cc(Oc2cc[c-]cc2S(=O)(=O)O)cc(C(=O)OC)c1.[K+]. The number of hydrogen-bond acceptors (Lipinski definition) is 7. The second kappa shape index (κ2) is 9.60. The molecule has 0 aliphatic rings. The fraction of sp³-hybridized carbons (Fsp3) is 0.125. The molecule has 0 radical (unpaired) electrons. The molecule has 132 valence electrons. The van der Waals surface area contributed by atoms with E-state index in [0.29, 0.717) is 0 Å². The Morgan fingerprint density at radius 2 is 1.58 bits per heavy atom. The van der Waals surface area contributed by atoms with Crippen molar-refractivity contribution in [1.29, 1.82) is 0 Å². The van der Waals surface area contributed by atoms with Crippen LogP contribution in [-0.2, 0) is 19.6 Å². The first-order chi connectivity index (χ1) is 11.8. The summed E-state index contributed by atoms with van der Waals surface area (Å²) in [5.74, 6) is -1.70. The Morgan fingerprint density at radius 3 is 2.04 bits per heavy atom. The van der Waals surface area contributed by atoms with Crippen LogP contribution in [0.5, 0.6) is 11.5 Å². The molecule has 0 aliphatic carbocycles. The molecular formula is C16H13KO8S. The molecule has 0 aromatic heterocycles. The molecule has 1 N–H and O–H groups in total. The van der Waals surface area contributed by atoms with Crippen LogP contribution in [0.4, 0.5) is 0 Å².